The van der Waals surface area contributed by atoms with Crippen LogP contribution in [0.1, 0.15) is 5.56 Å². The Morgan fingerprint density at radius 3 is 2.78 bits per heavy atom. The van der Waals surface area contributed by atoms with Crippen molar-refractivity contribution >= 4 is 28.1 Å². The number of fused-ring (bicyclic) bond motifs is 2. The topological polar surface area (TPSA) is 62.7 Å². The Bertz CT molecular complexity index is 1170. The number of allylic oxidation sites excluding steroid dienone is 1. The molecule has 0 fully saturated rings. The van der Waals surface area contributed by atoms with Crippen molar-refractivity contribution in [3.8, 4) is 11.3 Å². The van der Waals surface area contributed by atoms with Gasteiger partial charge in [0.1, 0.15) is 5.82 Å². The van der Waals surface area contributed by atoms with Crippen LogP contribution in [0.2, 0.25) is 0 Å². The number of hydrogen-bond donors (Lipinski definition) is 2. The predicted octanol–water partition coefficient (Wildman–Crippen LogP) is 4.92. The van der Waals surface area contributed by atoms with Crippen LogP contribution in [0.5, 0.6) is 0 Å². The van der Waals surface area contributed by atoms with Gasteiger partial charge in [-0.25, -0.2) is 4.98 Å². The zero-order chi connectivity index (χ0) is 18.2. The number of pyridine rings is 3. The van der Waals surface area contributed by atoms with Gasteiger partial charge in [0.2, 0.25) is 0 Å². The van der Waals surface area contributed by atoms with Crippen molar-refractivity contribution in [2.24, 2.45) is 0 Å². The van der Waals surface area contributed by atoms with Crippen LogP contribution >= 0.6 is 0 Å². The average Bonchev–Trinajstić information content (AvgIpc) is 3.08. The second kappa shape index (κ2) is 6.21. The van der Waals surface area contributed by atoms with Crippen LogP contribution < -0.4 is 10.6 Å². The molecule has 4 heterocycles. The van der Waals surface area contributed by atoms with Gasteiger partial charge >= 0.3 is 0 Å². The van der Waals surface area contributed by atoms with Crippen LogP contribution in [0.3, 0.4) is 0 Å². The molecule has 0 aliphatic carbocycles. The maximum absolute atomic E-state index is 4.86. The highest BCUT2D eigenvalue weighted by Crippen LogP contribution is 2.33. The van der Waals surface area contributed by atoms with E-state index in [9.17, 15) is 0 Å². The lowest BCUT2D eigenvalue weighted by atomic mass is 10.1. The van der Waals surface area contributed by atoms with Crippen molar-refractivity contribution in [1.82, 2.24) is 15.0 Å². The lowest BCUT2D eigenvalue weighted by Gasteiger charge is -2.12. The molecule has 0 amide bonds. The highest BCUT2D eigenvalue weighted by Gasteiger charge is 2.14. The quantitative estimate of drug-likeness (QED) is 0.549. The minimum absolute atomic E-state index is 0.782. The summed E-state index contributed by atoms with van der Waals surface area (Å²) in [5, 5.41) is 7.77. The molecular weight excluding hydrogens is 334 g/mol. The van der Waals surface area contributed by atoms with Gasteiger partial charge in [0, 0.05) is 53.0 Å². The standard InChI is InChI=1S/C22H17N5/c1-14-11-16-4-5-17(12-19(16)25-14)26-22-18-3-2-8-24-21(18)13-20(27-22)15-6-9-23-10-7-15/h2-10,12-13,25H,1,11H2,(H,26,27). The maximum atomic E-state index is 4.86. The summed E-state index contributed by atoms with van der Waals surface area (Å²) in [6.45, 7) is 4.01. The first-order chi connectivity index (χ1) is 13.3. The van der Waals surface area contributed by atoms with Crippen molar-refractivity contribution in [3.63, 3.8) is 0 Å². The summed E-state index contributed by atoms with van der Waals surface area (Å²) in [7, 11) is 0. The Labute approximate surface area is 156 Å². The fourth-order valence-corrected chi connectivity index (χ4v) is 3.37. The molecule has 5 heteroatoms. The molecule has 1 aromatic carbocycles. The molecule has 130 valence electrons. The van der Waals surface area contributed by atoms with Crippen molar-refractivity contribution in [2.75, 3.05) is 10.6 Å². The summed E-state index contributed by atoms with van der Waals surface area (Å²) in [4.78, 5) is 13.5. The number of hydrogen-bond acceptors (Lipinski definition) is 5. The van der Waals surface area contributed by atoms with Crippen LogP contribution in [0.4, 0.5) is 17.2 Å². The number of benzene rings is 1. The molecule has 3 aromatic heterocycles. The number of nitrogens with zero attached hydrogens (tertiary/aromatic N) is 3. The molecule has 0 unspecified atom stereocenters. The number of aromatic nitrogens is 3. The van der Waals surface area contributed by atoms with Gasteiger partial charge < -0.3 is 10.6 Å². The fourth-order valence-electron chi connectivity index (χ4n) is 3.37. The SMILES string of the molecule is C=C1Cc2ccc(Nc3nc(-c4ccncc4)cc4ncccc34)cc2N1. The van der Waals surface area contributed by atoms with Gasteiger partial charge in [-0.3, -0.25) is 9.97 Å². The van der Waals surface area contributed by atoms with E-state index in [1.807, 2.05) is 30.3 Å². The molecular formula is C22H17N5. The molecule has 0 bridgehead atoms. The van der Waals surface area contributed by atoms with Crippen molar-refractivity contribution in [1.29, 1.82) is 0 Å². The van der Waals surface area contributed by atoms with Crippen molar-refractivity contribution in [2.45, 2.75) is 6.42 Å². The summed E-state index contributed by atoms with van der Waals surface area (Å²) < 4.78 is 0. The summed E-state index contributed by atoms with van der Waals surface area (Å²) >= 11 is 0. The van der Waals surface area contributed by atoms with E-state index in [-0.39, 0.29) is 0 Å². The van der Waals surface area contributed by atoms with Gasteiger partial charge in [-0.1, -0.05) is 12.6 Å². The maximum Gasteiger partial charge on any atom is 0.140 e. The summed E-state index contributed by atoms with van der Waals surface area (Å²) in [5.41, 5.74) is 7.11. The molecule has 0 spiro atoms. The first kappa shape index (κ1) is 15.5. The molecule has 0 radical (unpaired) electrons. The van der Waals surface area contributed by atoms with E-state index in [1.165, 1.54) is 5.56 Å². The van der Waals surface area contributed by atoms with E-state index in [1.54, 1.807) is 18.6 Å². The Morgan fingerprint density at radius 1 is 1.00 bits per heavy atom. The number of rotatable bonds is 3. The third-order valence-corrected chi connectivity index (χ3v) is 4.66. The van der Waals surface area contributed by atoms with E-state index in [0.717, 1.165) is 51.5 Å². The fraction of sp³-hybridized carbons (Fsp3) is 0.0455. The van der Waals surface area contributed by atoms with Gasteiger partial charge in [0.15, 0.2) is 0 Å². The Kier molecular flexibility index (Phi) is 3.57. The Balaban J connectivity index is 1.60. The van der Waals surface area contributed by atoms with Crippen LogP contribution in [-0.2, 0) is 6.42 Å². The second-order valence-corrected chi connectivity index (χ2v) is 6.56. The largest absolute Gasteiger partial charge is 0.359 e. The van der Waals surface area contributed by atoms with Crippen LogP contribution in [-0.4, -0.2) is 15.0 Å². The molecule has 4 aromatic rings. The van der Waals surface area contributed by atoms with Gasteiger partial charge in [-0.2, -0.15) is 0 Å². The van der Waals surface area contributed by atoms with Crippen LogP contribution in [0.25, 0.3) is 22.2 Å². The summed E-state index contributed by atoms with van der Waals surface area (Å²) in [6.07, 6.45) is 6.21. The van der Waals surface area contributed by atoms with Crippen molar-refractivity contribution < 1.29 is 0 Å². The van der Waals surface area contributed by atoms with Crippen LogP contribution in [0.15, 0.2) is 79.4 Å². The Hall–Kier alpha value is -3.73. The van der Waals surface area contributed by atoms with E-state index in [0.29, 0.717) is 0 Å². The van der Waals surface area contributed by atoms with Crippen molar-refractivity contribution in [3.05, 3.63) is 85.0 Å². The van der Waals surface area contributed by atoms with Gasteiger partial charge in [0.05, 0.1) is 11.2 Å². The highest BCUT2D eigenvalue weighted by molar-refractivity contribution is 5.93. The number of anilines is 3. The normalized spacial score (nSPS) is 12.7. The molecule has 27 heavy (non-hydrogen) atoms. The highest BCUT2D eigenvalue weighted by atomic mass is 15.0. The molecule has 1 aliphatic heterocycles. The van der Waals surface area contributed by atoms with Gasteiger partial charge in [0.25, 0.3) is 0 Å². The average molecular weight is 351 g/mol. The molecule has 0 saturated heterocycles. The lowest BCUT2D eigenvalue weighted by molar-refractivity contribution is 1.26. The van der Waals surface area contributed by atoms with E-state index >= 15 is 0 Å². The molecule has 5 rings (SSSR count). The van der Waals surface area contributed by atoms with Gasteiger partial charge in [-0.05, 0) is 48.0 Å². The molecule has 5 nitrogen and oxygen atoms in total. The third-order valence-electron chi connectivity index (χ3n) is 4.66. The van der Waals surface area contributed by atoms with E-state index in [2.05, 4.69) is 45.4 Å². The number of nitrogens with one attached hydrogen (secondary N) is 2. The first-order valence-corrected chi connectivity index (χ1v) is 8.77. The second-order valence-electron chi connectivity index (χ2n) is 6.56. The van der Waals surface area contributed by atoms with Crippen LogP contribution in [0, 0.1) is 0 Å². The minimum atomic E-state index is 0.782. The molecule has 0 saturated carbocycles. The zero-order valence-corrected chi connectivity index (χ0v) is 14.6. The predicted molar refractivity (Wildman–Crippen MR) is 109 cm³/mol. The lowest BCUT2D eigenvalue weighted by Crippen LogP contribution is -1.98. The van der Waals surface area contributed by atoms with E-state index < -0.39 is 0 Å². The smallest absolute Gasteiger partial charge is 0.140 e. The molecule has 2 N–H and O–H groups in total. The first-order valence-electron chi connectivity index (χ1n) is 8.77. The molecule has 0 atom stereocenters. The third kappa shape index (κ3) is 2.89. The summed E-state index contributed by atoms with van der Waals surface area (Å²) in [5.74, 6) is 0.782. The monoisotopic (exact) mass is 351 g/mol. The summed E-state index contributed by atoms with van der Waals surface area (Å²) in [6, 6.07) is 16.1. The minimum Gasteiger partial charge on any atom is -0.359 e. The van der Waals surface area contributed by atoms with E-state index in [4.69, 9.17) is 4.98 Å². The zero-order valence-electron chi connectivity index (χ0n) is 14.6. The van der Waals surface area contributed by atoms with Gasteiger partial charge in [-0.15, -0.1) is 0 Å². The Morgan fingerprint density at radius 2 is 1.89 bits per heavy atom. The molecule has 1 aliphatic rings.